The summed E-state index contributed by atoms with van der Waals surface area (Å²) < 4.78 is 1.91. The normalized spacial score (nSPS) is 10.9. The molecule has 0 spiro atoms. The number of benzene rings is 1. The lowest BCUT2D eigenvalue weighted by Crippen LogP contribution is -1.81. The van der Waals surface area contributed by atoms with Crippen molar-refractivity contribution in [3.63, 3.8) is 0 Å². The van der Waals surface area contributed by atoms with Crippen LogP contribution >= 0.6 is 12.6 Å². The third-order valence-electron chi connectivity index (χ3n) is 2.69. The molecule has 0 fully saturated rings. The lowest BCUT2D eigenvalue weighted by molar-refractivity contribution is 1.09. The van der Waals surface area contributed by atoms with Gasteiger partial charge in [-0.15, -0.1) is 12.6 Å². The van der Waals surface area contributed by atoms with Crippen molar-refractivity contribution in [1.29, 1.82) is 0 Å². The van der Waals surface area contributed by atoms with Gasteiger partial charge in [-0.2, -0.15) is 0 Å². The summed E-state index contributed by atoms with van der Waals surface area (Å²) in [7, 11) is 0. The maximum Gasteiger partial charge on any atom is 0.140 e. The minimum absolute atomic E-state index is 0.892. The van der Waals surface area contributed by atoms with Crippen LogP contribution in [0.25, 0.3) is 16.9 Å². The zero-order valence-electron chi connectivity index (χ0n) is 9.33. The van der Waals surface area contributed by atoms with Crippen LogP contribution in [-0.4, -0.2) is 14.4 Å². The Kier molecular flexibility index (Phi) is 2.37. The molecule has 0 amide bonds. The van der Waals surface area contributed by atoms with E-state index in [1.165, 1.54) is 5.56 Å². The SMILES string of the molecule is Cc1ccc(-c2cn3cnccc3n2)c(S)c1. The van der Waals surface area contributed by atoms with Gasteiger partial charge < -0.3 is 0 Å². The minimum Gasteiger partial charge on any atom is -0.290 e. The first kappa shape index (κ1) is 10.4. The van der Waals surface area contributed by atoms with Gasteiger partial charge in [-0.3, -0.25) is 4.40 Å². The average Bonchev–Trinajstić information content (AvgIpc) is 2.72. The van der Waals surface area contributed by atoms with Crippen molar-refractivity contribution in [2.75, 3.05) is 0 Å². The Morgan fingerprint density at radius 2 is 2.12 bits per heavy atom. The minimum atomic E-state index is 0.892. The monoisotopic (exact) mass is 241 g/mol. The molecule has 0 saturated carbocycles. The number of imidazole rings is 1. The van der Waals surface area contributed by atoms with E-state index in [0.717, 1.165) is 21.8 Å². The molecule has 0 aliphatic heterocycles. The Balaban J connectivity index is 2.20. The van der Waals surface area contributed by atoms with Crippen LogP contribution in [0.4, 0.5) is 0 Å². The standard InChI is InChI=1S/C13H11N3S/c1-9-2-3-10(12(17)6-9)11-7-16-8-14-5-4-13(16)15-11/h2-8,17H,1H3. The van der Waals surface area contributed by atoms with Gasteiger partial charge >= 0.3 is 0 Å². The summed E-state index contributed by atoms with van der Waals surface area (Å²) in [6.45, 7) is 2.05. The van der Waals surface area contributed by atoms with Crippen molar-refractivity contribution >= 4 is 18.3 Å². The van der Waals surface area contributed by atoms with Crippen molar-refractivity contribution in [2.24, 2.45) is 0 Å². The molecule has 0 bridgehead atoms. The highest BCUT2D eigenvalue weighted by atomic mass is 32.1. The van der Waals surface area contributed by atoms with Gasteiger partial charge in [0.2, 0.25) is 0 Å². The average molecular weight is 241 g/mol. The molecule has 0 N–H and O–H groups in total. The molecule has 0 aliphatic carbocycles. The van der Waals surface area contributed by atoms with Crippen LogP contribution < -0.4 is 0 Å². The van der Waals surface area contributed by atoms with Gasteiger partial charge in [0.15, 0.2) is 0 Å². The smallest absolute Gasteiger partial charge is 0.140 e. The van der Waals surface area contributed by atoms with Crippen molar-refractivity contribution < 1.29 is 0 Å². The Bertz CT molecular complexity index is 655. The number of aromatic nitrogens is 3. The van der Waals surface area contributed by atoms with E-state index in [9.17, 15) is 0 Å². The topological polar surface area (TPSA) is 30.2 Å². The van der Waals surface area contributed by atoms with Crippen molar-refractivity contribution in [3.8, 4) is 11.3 Å². The fraction of sp³-hybridized carbons (Fsp3) is 0.0769. The van der Waals surface area contributed by atoms with E-state index < -0.39 is 0 Å². The van der Waals surface area contributed by atoms with E-state index in [2.05, 4.69) is 35.6 Å². The molecule has 17 heavy (non-hydrogen) atoms. The second-order valence-corrected chi connectivity index (χ2v) is 4.47. The van der Waals surface area contributed by atoms with Crippen molar-refractivity contribution in [3.05, 3.63) is 48.5 Å². The third kappa shape index (κ3) is 1.80. The van der Waals surface area contributed by atoms with Crippen LogP contribution in [-0.2, 0) is 0 Å². The summed E-state index contributed by atoms with van der Waals surface area (Å²) in [5.41, 5.74) is 4.05. The third-order valence-corrected chi connectivity index (χ3v) is 3.06. The van der Waals surface area contributed by atoms with Gasteiger partial charge in [-0.05, 0) is 24.6 Å². The summed E-state index contributed by atoms with van der Waals surface area (Å²) >= 11 is 4.50. The largest absolute Gasteiger partial charge is 0.290 e. The van der Waals surface area contributed by atoms with Gasteiger partial charge in [-0.25, -0.2) is 9.97 Å². The predicted molar refractivity (Wildman–Crippen MR) is 70.4 cm³/mol. The van der Waals surface area contributed by atoms with E-state index in [0.29, 0.717) is 0 Å². The van der Waals surface area contributed by atoms with E-state index >= 15 is 0 Å². The number of thiol groups is 1. The van der Waals surface area contributed by atoms with Crippen LogP contribution in [0.1, 0.15) is 5.56 Å². The number of fused-ring (bicyclic) bond motifs is 1. The molecule has 0 atom stereocenters. The molecular formula is C13H11N3S. The molecule has 4 heteroatoms. The molecule has 2 aromatic heterocycles. The molecule has 3 rings (SSSR count). The fourth-order valence-corrected chi connectivity index (χ4v) is 2.22. The van der Waals surface area contributed by atoms with Gasteiger partial charge in [0.1, 0.15) is 12.0 Å². The Morgan fingerprint density at radius 1 is 1.24 bits per heavy atom. The first-order valence-electron chi connectivity index (χ1n) is 5.33. The van der Waals surface area contributed by atoms with E-state index in [1.807, 2.05) is 28.8 Å². The molecule has 84 valence electrons. The van der Waals surface area contributed by atoms with Crippen LogP contribution in [0.5, 0.6) is 0 Å². The highest BCUT2D eigenvalue weighted by Gasteiger charge is 2.07. The number of aryl methyl sites for hydroxylation is 1. The summed E-state index contributed by atoms with van der Waals surface area (Å²) in [4.78, 5) is 9.55. The van der Waals surface area contributed by atoms with Gasteiger partial charge in [0.25, 0.3) is 0 Å². The maximum atomic E-state index is 4.55. The maximum absolute atomic E-state index is 4.55. The Labute approximate surface area is 105 Å². The highest BCUT2D eigenvalue weighted by Crippen LogP contribution is 2.26. The number of hydrogen-bond donors (Lipinski definition) is 1. The summed E-state index contributed by atoms with van der Waals surface area (Å²) in [5.74, 6) is 0. The lowest BCUT2D eigenvalue weighted by atomic mass is 10.1. The molecular weight excluding hydrogens is 230 g/mol. The Morgan fingerprint density at radius 3 is 2.88 bits per heavy atom. The predicted octanol–water partition coefficient (Wildman–Crippen LogP) is 2.99. The van der Waals surface area contributed by atoms with E-state index in [4.69, 9.17) is 0 Å². The van der Waals surface area contributed by atoms with Crippen LogP contribution in [0, 0.1) is 6.92 Å². The summed E-state index contributed by atoms with van der Waals surface area (Å²) in [5, 5.41) is 0. The first-order chi connectivity index (χ1) is 8.24. The van der Waals surface area contributed by atoms with Crippen molar-refractivity contribution in [1.82, 2.24) is 14.4 Å². The van der Waals surface area contributed by atoms with E-state index in [1.54, 1.807) is 12.5 Å². The molecule has 0 saturated heterocycles. The van der Waals surface area contributed by atoms with Gasteiger partial charge in [0.05, 0.1) is 5.69 Å². The fourth-order valence-electron chi connectivity index (χ4n) is 1.83. The highest BCUT2D eigenvalue weighted by molar-refractivity contribution is 7.80. The number of hydrogen-bond acceptors (Lipinski definition) is 3. The second kappa shape index (κ2) is 3.89. The van der Waals surface area contributed by atoms with Crippen LogP contribution in [0.2, 0.25) is 0 Å². The van der Waals surface area contributed by atoms with Crippen LogP contribution in [0.3, 0.4) is 0 Å². The summed E-state index contributed by atoms with van der Waals surface area (Å²) in [6, 6.07) is 8.04. The summed E-state index contributed by atoms with van der Waals surface area (Å²) in [6.07, 6.45) is 5.45. The second-order valence-electron chi connectivity index (χ2n) is 3.99. The molecule has 2 heterocycles. The van der Waals surface area contributed by atoms with Crippen molar-refractivity contribution in [2.45, 2.75) is 11.8 Å². The number of rotatable bonds is 1. The van der Waals surface area contributed by atoms with Gasteiger partial charge in [0, 0.05) is 22.9 Å². The molecule has 0 aliphatic rings. The lowest BCUT2D eigenvalue weighted by Gasteiger charge is -2.02. The molecule has 0 unspecified atom stereocenters. The first-order valence-corrected chi connectivity index (χ1v) is 5.77. The zero-order chi connectivity index (χ0) is 11.8. The molecule has 0 radical (unpaired) electrons. The molecule has 3 aromatic rings. The number of nitrogens with zero attached hydrogens (tertiary/aromatic N) is 3. The van der Waals surface area contributed by atoms with Crippen LogP contribution in [0.15, 0.2) is 47.9 Å². The zero-order valence-corrected chi connectivity index (χ0v) is 10.2. The Hall–Kier alpha value is -1.81. The van der Waals surface area contributed by atoms with Gasteiger partial charge in [-0.1, -0.05) is 12.1 Å². The molecule has 1 aromatic carbocycles. The molecule has 3 nitrogen and oxygen atoms in total. The van der Waals surface area contributed by atoms with E-state index in [-0.39, 0.29) is 0 Å². The quantitative estimate of drug-likeness (QED) is 0.664.